The predicted octanol–water partition coefficient (Wildman–Crippen LogP) is 2.36. The van der Waals surface area contributed by atoms with Gasteiger partial charge in [-0.15, -0.1) is 0 Å². The van der Waals surface area contributed by atoms with Crippen molar-refractivity contribution in [3.63, 3.8) is 0 Å². The van der Waals surface area contributed by atoms with Crippen molar-refractivity contribution in [3.8, 4) is 0 Å². The zero-order valence-corrected chi connectivity index (χ0v) is 25.2. The first-order chi connectivity index (χ1) is 21.4. The summed E-state index contributed by atoms with van der Waals surface area (Å²) >= 11 is 0. The Morgan fingerprint density at radius 3 is 2.53 bits per heavy atom. The van der Waals surface area contributed by atoms with Gasteiger partial charge < -0.3 is 31.6 Å². The van der Waals surface area contributed by atoms with E-state index in [0.29, 0.717) is 22.3 Å². The second-order valence-corrected chi connectivity index (χ2v) is 11.7. The second kappa shape index (κ2) is 14.8. The maximum absolute atomic E-state index is 14.0. The summed E-state index contributed by atoms with van der Waals surface area (Å²) in [6, 6.07) is 11.0. The number of esters is 1. The molecule has 0 saturated carbocycles. The number of para-hydroxylation sites is 2. The topological polar surface area (TPSA) is 199 Å². The van der Waals surface area contributed by atoms with E-state index in [1.165, 1.54) is 30.7 Å². The van der Waals surface area contributed by atoms with Crippen LogP contribution in [0.2, 0.25) is 0 Å². The Balaban J connectivity index is 1.43. The third-order valence-corrected chi connectivity index (χ3v) is 7.50. The molecule has 0 saturated heterocycles. The van der Waals surface area contributed by atoms with E-state index in [9.17, 15) is 23.9 Å². The number of benzene rings is 2. The van der Waals surface area contributed by atoms with E-state index in [2.05, 4.69) is 25.3 Å². The molecule has 0 spiro atoms. The number of amides is 2. The number of aromatic nitrogens is 4. The van der Waals surface area contributed by atoms with Crippen molar-refractivity contribution in [3.05, 3.63) is 90.0 Å². The highest BCUT2D eigenvalue weighted by Gasteiger charge is 2.32. The molecular weight excluding hydrogens is 581 g/mol. The molecule has 238 valence electrons. The fourth-order valence-corrected chi connectivity index (χ4v) is 4.98. The molecule has 2 amide bonds. The van der Waals surface area contributed by atoms with E-state index in [0.717, 1.165) is 0 Å². The number of imidazole rings is 1. The Labute approximate surface area is 259 Å². The van der Waals surface area contributed by atoms with Crippen molar-refractivity contribution < 1.29 is 28.6 Å². The van der Waals surface area contributed by atoms with Crippen molar-refractivity contribution in [2.24, 2.45) is 17.4 Å². The lowest BCUT2D eigenvalue weighted by Gasteiger charge is -2.30. The first-order valence-electron chi connectivity index (χ1n) is 14.6. The SMILES string of the molecule is CC(C)(CCC(CC(O)C(Cc1cccc(F)c1)NC(=O)c1cnc2ccccc2n1)C(N)=O)OC(=O)[C@@H](N)Cc1cnc[nH]1. The smallest absolute Gasteiger partial charge is 0.323 e. The molecule has 4 atom stereocenters. The molecule has 0 radical (unpaired) electrons. The summed E-state index contributed by atoms with van der Waals surface area (Å²) in [5.41, 5.74) is 13.1. The maximum atomic E-state index is 14.0. The number of nitrogens with zero attached hydrogens (tertiary/aromatic N) is 3. The molecule has 2 aromatic heterocycles. The lowest BCUT2D eigenvalue weighted by atomic mass is 9.87. The van der Waals surface area contributed by atoms with Gasteiger partial charge in [0.2, 0.25) is 5.91 Å². The van der Waals surface area contributed by atoms with E-state index < -0.39 is 53.3 Å². The van der Waals surface area contributed by atoms with E-state index in [-0.39, 0.29) is 37.8 Å². The summed E-state index contributed by atoms with van der Waals surface area (Å²) in [5, 5.41) is 14.1. The minimum atomic E-state index is -1.25. The van der Waals surface area contributed by atoms with Gasteiger partial charge in [-0.25, -0.2) is 14.4 Å². The molecule has 13 heteroatoms. The molecule has 4 rings (SSSR count). The summed E-state index contributed by atoms with van der Waals surface area (Å²) in [6.07, 6.45) is 3.73. The van der Waals surface area contributed by atoms with Crippen LogP contribution in [0.3, 0.4) is 0 Å². The molecule has 7 N–H and O–H groups in total. The van der Waals surface area contributed by atoms with Crippen LogP contribution >= 0.6 is 0 Å². The number of fused-ring (bicyclic) bond motifs is 1. The van der Waals surface area contributed by atoms with Gasteiger partial charge >= 0.3 is 5.97 Å². The quantitative estimate of drug-likeness (QED) is 0.124. The second-order valence-electron chi connectivity index (χ2n) is 11.7. The number of hydrogen-bond donors (Lipinski definition) is 5. The Morgan fingerprint density at radius 2 is 1.84 bits per heavy atom. The highest BCUT2D eigenvalue weighted by Crippen LogP contribution is 2.25. The summed E-state index contributed by atoms with van der Waals surface area (Å²) in [6.45, 7) is 3.39. The molecular formula is C32H38FN7O5. The molecule has 3 unspecified atom stereocenters. The van der Waals surface area contributed by atoms with Crippen LogP contribution in [0.4, 0.5) is 4.39 Å². The molecule has 2 aromatic carbocycles. The van der Waals surface area contributed by atoms with Crippen LogP contribution in [-0.4, -0.2) is 66.6 Å². The predicted molar refractivity (Wildman–Crippen MR) is 164 cm³/mol. The van der Waals surface area contributed by atoms with Crippen LogP contribution in [0.5, 0.6) is 0 Å². The van der Waals surface area contributed by atoms with Crippen LogP contribution in [0.1, 0.15) is 54.9 Å². The molecule has 2 heterocycles. The molecule has 0 bridgehead atoms. The van der Waals surface area contributed by atoms with Gasteiger partial charge in [-0.05, 0) is 69.4 Å². The number of carbonyl (C=O) groups excluding carboxylic acids is 3. The summed E-state index contributed by atoms with van der Waals surface area (Å²) in [5.74, 6) is -3.17. The van der Waals surface area contributed by atoms with Gasteiger partial charge in [0.15, 0.2) is 0 Å². The third-order valence-electron chi connectivity index (χ3n) is 7.50. The number of nitrogens with two attached hydrogens (primary N) is 2. The number of aliphatic hydroxyl groups excluding tert-OH is 1. The Morgan fingerprint density at radius 1 is 1.09 bits per heavy atom. The number of nitrogens with one attached hydrogen (secondary N) is 2. The number of aromatic amines is 1. The zero-order valence-electron chi connectivity index (χ0n) is 25.2. The summed E-state index contributed by atoms with van der Waals surface area (Å²) in [4.78, 5) is 53.8. The highest BCUT2D eigenvalue weighted by molar-refractivity contribution is 5.94. The Kier molecular flexibility index (Phi) is 10.9. The Hall–Kier alpha value is -4.75. The third kappa shape index (κ3) is 9.62. The summed E-state index contributed by atoms with van der Waals surface area (Å²) < 4.78 is 19.6. The van der Waals surface area contributed by atoms with Gasteiger partial charge in [0, 0.05) is 24.2 Å². The lowest BCUT2D eigenvalue weighted by molar-refractivity contribution is -0.159. The highest BCUT2D eigenvalue weighted by atomic mass is 19.1. The van der Waals surface area contributed by atoms with Crippen molar-refractivity contribution in [2.45, 2.75) is 69.7 Å². The fraction of sp³-hybridized carbons (Fsp3) is 0.375. The average molecular weight is 620 g/mol. The lowest BCUT2D eigenvalue weighted by Crippen LogP contribution is -2.47. The van der Waals surface area contributed by atoms with E-state index in [1.807, 2.05) is 0 Å². The van der Waals surface area contributed by atoms with Gasteiger partial charge in [-0.1, -0.05) is 24.3 Å². The van der Waals surface area contributed by atoms with Crippen molar-refractivity contribution in [1.29, 1.82) is 0 Å². The largest absolute Gasteiger partial charge is 0.459 e. The number of hydrogen-bond acceptors (Lipinski definition) is 9. The zero-order chi connectivity index (χ0) is 32.6. The molecule has 0 aliphatic rings. The molecule has 0 aliphatic carbocycles. The number of H-pyrrole nitrogens is 1. The van der Waals surface area contributed by atoms with Crippen LogP contribution in [-0.2, 0) is 27.2 Å². The normalized spacial score (nSPS) is 14.3. The van der Waals surface area contributed by atoms with Crippen LogP contribution in [0.15, 0.2) is 67.3 Å². The number of halogens is 1. The van der Waals surface area contributed by atoms with Crippen LogP contribution in [0, 0.1) is 11.7 Å². The van der Waals surface area contributed by atoms with E-state index >= 15 is 0 Å². The first-order valence-corrected chi connectivity index (χ1v) is 14.6. The minimum Gasteiger partial charge on any atom is -0.459 e. The number of aliphatic hydroxyl groups is 1. The molecule has 0 aliphatic heterocycles. The van der Waals surface area contributed by atoms with Gasteiger partial charge in [0.1, 0.15) is 23.2 Å². The number of carbonyl (C=O) groups is 3. The van der Waals surface area contributed by atoms with E-state index in [4.69, 9.17) is 16.2 Å². The molecule has 45 heavy (non-hydrogen) atoms. The summed E-state index contributed by atoms with van der Waals surface area (Å²) in [7, 11) is 0. The molecule has 0 fully saturated rings. The molecule has 12 nitrogen and oxygen atoms in total. The van der Waals surface area contributed by atoms with Gasteiger partial charge in [0.25, 0.3) is 5.91 Å². The maximum Gasteiger partial charge on any atom is 0.323 e. The number of ether oxygens (including phenoxy) is 1. The van der Waals surface area contributed by atoms with Gasteiger partial charge in [-0.3, -0.25) is 19.4 Å². The molecule has 4 aromatic rings. The van der Waals surface area contributed by atoms with Gasteiger partial charge in [0.05, 0.1) is 35.7 Å². The number of rotatable bonds is 15. The number of primary amides is 1. The van der Waals surface area contributed by atoms with Crippen molar-refractivity contribution in [1.82, 2.24) is 25.3 Å². The van der Waals surface area contributed by atoms with Crippen molar-refractivity contribution >= 4 is 28.8 Å². The van der Waals surface area contributed by atoms with Gasteiger partial charge in [-0.2, -0.15) is 0 Å². The monoisotopic (exact) mass is 619 g/mol. The first kappa shape index (κ1) is 33.1. The van der Waals surface area contributed by atoms with Crippen LogP contribution < -0.4 is 16.8 Å². The average Bonchev–Trinajstić information content (AvgIpc) is 3.51. The van der Waals surface area contributed by atoms with Crippen LogP contribution in [0.25, 0.3) is 11.0 Å². The standard InChI is InChI=1S/C32H38FN7O5/c1-32(2,45-31(44)23(34)15-22-16-36-18-38-22)11-10-20(29(35)42)14-28(41)26(13-19-6-5-7-21(33)12-19)40-30(43)27-17-37-24-8-3-4-9-25(24)39-27/h3-9,12,16-18,20,23,26,28,41H,10-11,13-15,34H2,1-2H3,(H2,35,42)(H,36,38)(H,40,43)/t20?,23-,26?,28?/m0/s1. The van der Waals surface area contributed by atoms with Crippen molar-refractivity contribution in [2.75, 3.05) is 0 Å². The fourth-order valence-electron chi connectivity index (χ4n) is 4.98. The Bertz CT molecular complexity index is 1610. The minimum absolute atomic E-state index is 0.0332. The van der Waals surface area contributed by atoms with E-state index in [1.54, 1.807) is 50.4 Å².